The Balaban J connectivity index is 1.91. The summed E-state index contributed by atoms with van der Waals surface area (Å²) >= 11 is 5.01. The fraction of sp³-hybridized carbons (Fsp3) is 0.583. The van der Waals surface area contributed by atoms with E-state index in [4.69, 9.17) is 0 Å². The van der Waals surface area contributed by atoms with Crippen LogP contribution in [-0.2, 0) is 15.6 Å². The van der Waals surface area contributed by atoms with E-state index in [0.29, 0.717) is 18.3 Å². The summed E-state index contributed by atoms with van der Waals surface area (Å²) in [6, 6.07) is 2.31. The van der Waals surface area contributed by atoms with Gasteiger partial charge in [-0.1, -0.05) is 0 Å². The summed E-state index contributed by atoms with van der Waals surface area (Å²) in [4.78, 5) is 14.8. The second-order valence-electron chi connectivity index (χ2n) is 4.45. The van der Waals surface area contributed by atoms with Crippen LogP contribution in [0.2, 0.25) is 0 Å². The number of carbonyl (C=O) groups excluding carboxylic acids is 1. The Labute approximate surface area is 122 Å². The first-order valence-electron chi connectivity index (χ1n) is 5.97. The molecule has 1 unspecified atom stereocenters. The van der Waals surface area contributed by atoms with Crippen molar-refractivity contribution in [2.24, 2.45) is 0 Å². The summed E-state index contributed by atoms with van der Waals surface area (Å²) in [7, 11) is -1.01. The molecule has 6 heteroatoms. The van der Waals surface area contributed by atoms with E-state index in [0.717, 1.165) is 32.8 Å². The van der Waals surface area contributed by atoms with Crippen LogP contribution in [0.25, 0.3) is 0 Å². The first kappa shape index (κ1) is 14.2. The van der Waals surface area contributed by atoms with Crippen molar-refractivity contribution >= 4 is 44.5 Å². The van der Waals surface area contributed by atoms with Gasteiger partial charge in [0.1, 0.15) is 0 Å². The lowest BCUT2D eigenvalue weighted by molar-refractivity contribution is -0.121. The summed E-state index contributed by atoms with van der Waals surface area (Å²) in [5.74, 6) is 0.527. The number of aryl methyl sites for hydroxylation is 1. The zero-order chi connectivity index (χ0) is 13.1. The highest BCUT2D eigenvalue weighted by Crippen LogP contribution is 2.29. The van der Waals surface area contributed by atoms with Crippen molar-refractivity contribution in [2.75, 3.05) is 12.3 Å². The molecule has 0 radical (unpaired) electrons. The van der Waals surface area contributed by atoms with Crippen LogP contribution in [-0.4, -0.2) is 33.9 Å². The number of hydrogen-bond donors (Lipinski definition) is 0. The summed E-state index contributed by atoms with van der Waals surface area (Å²) in [5.41, 5.74) is 0. The zero-order valence-electron chi connectivity index (χ0n) is 10.2. The normalized spacial score (nSPS) is 17.2. The molecule has 0 aromatic carbocycles. The number of hydrogen-bond acceptors (Lipinski definition) is 3. The van der Waals surface area contributed by atoms with Crippen molar-refractivity contribution in [3.05, 3.63) is 14.7 Å². The van der Waals surface area contributed by atoms with Crippen LogP contribution in [0.4, 0.5) is 0 Å². The maximum absolute atomic E-state index is 12.2. The Bertz CT molecular complexity index is 457. The minimum atomic E-state index is -1.01. The molecule has 1 fully saturated rings. The molecule has 1 heterocycles. The molecule has 3 nitrogen and oxygen atoms in total. The van der Waals surface area contributed by atoms with E-state index >= 15 is 0 Å². The Morgan fingerprint density at radius 3 is 2.78 bits per heavy atom. The van der Waals surface area contributed by atoms with Gasteiger partial charge in [0.25, 0.3) is 0 Å². The van der Waals surface area contributed by atoms with Crippen LogP contribution in [0, 0.1) is 6.92 Å². The van der Waals surface area contributed by atoms with E-state index in [1.165, 1.54) is 6.42 Å². The van der Waals surface area contributed by atoms with Crippen molar-refractivity contribution in [1.29, 1.82) is 0 Å². The number of nitrogens with zero attached hydrogens (tertiary/aromatic N) is 1. The van der Waals surface area contributed by atoms with E-state index in [1.54, 1.807) is 16.2 Å². The van der Waals surface area contributed by atoms with Gasteiger partial charge in [-0.25, -0.2) is 0 Å². The van der Waals surface area contributed by atoms with Gasteiger partial charge in [-0.05, 0) is 48.2 Å². The molecule has 1 aliphatic carbocycles. The molecule has 0 saturated heterocycles. The van der Waals surface area contributed by atoms with Crippen LogP contribution in [0.5, 0.6) is 0 Å². The van der Waals surface area contributed by atoms with Gasteiger partial charge in [0, 0.05) is 23.2 Å². The second-order valence-corrected chi connectivity index (χ2v) is 8.62. The third-order valence-electron chi connectivity index (χ3n) is 3.30. The van der Waals surface area contributed by atoms with Gasteiger partial charge in [-0.3, -0.25) is 9.00 Å². The van der Waals surface area contributed by atoms with Crippen LogP contribution < -0.4 is 0 Å². The zero-order valence-corrected chi connectivity index (χ0v) is 13.4. The highest BCUT2D eigenvalue weighted by atomic mass is 79.9. The summed E-state index contributed by atoms with van der Waals surface area (Å²) < 4.78 is 13.2. The molecule has 0 spiro atoms. The van der Waals surface area contributed by atoms with Gasteiger partial charge >= 0.3 is 0 Å². The van der Waals surface area contributed by atoms with Crippen LogP contribution >= 0.6 is 27.3 Å². The van der Waals surface area contributed by atoms with Gasteiger partial charge in [0.05, 0.1) is 19.5 Å². The quantitative estimate of drug-likeness (QED) is 0.740. The van der Waals surface area contributed by atoms with E-state index < -0.39 is 10.8 Å². The first-order chi connectivity index (χ1) is 8.61. The standard InChI is InChI=1S/C12H16BrNO2S2/c1-9-11(7-12(13)17-9)18(16)6-5-14(8-15)10-3-2-4-10/h7-8,10H,2-6H2,1H3. The minimum absolute atomic E-state index is 0.384. The molecule has 1 aliphatic rings. The van der Waals surface area contributed by atoms with Crippen molar-refractivity contribution in [3.63, 3.8) is 0 Å². The van der Waals surface area contributed by atoms with Gasteiger partial charge in [-0.2, -0.15) is 0 Å². The summed E-state index contributed by atoms with van der Waals surface area (Å²) in [6.45, 7) is 2.57. The predicted octanol–water partition coefficient (Wildman–Crippen LogP) is 2.94. The number of rotatable bonds is 6. The van der Waals surface area contributed by atoms with E-state index in [-0.39, 0.29) is 0 Å². The average molecular weight is 350 g/mol. The van der Waals surface area contributed by atoms with Crippen molar-refractivity contribution in [2.45, 2.75) is 37.1 Å². The van der Waals surface area contributed by atoms with Crippen molar-refractivity contribution in [1.82, 2.24) is 4.90 Å². The largest absolute Gasteiger partial charge is 0.341 e. The number of carbonyl (C=O) groups is 1. The number of amides is 1. The Morgan fingerprint density at radius 1 is 1.61 bits per heavy atom. The van der Waals surface area contributed by atoms with E-state index in [9.17, 15) is 9.00 Å². The summed E-state index contributed by atoms with van der Waals surface area (Å²) in [6.07, 6.45) is 4.29. The van der Waals surface area contributed by atoms with Crippen molar-refractivity contribution in [3.8, 4) is 0 Å². The topological polar surface area (TPSA) is 37.4 Å². The van der Waals surface area contributed by atoms with Gasteiger partial charge in [-0.15, -0.1) is 11.3 Å². The van der Waals surface area contributed by atoms with Crippen LogP contribution in [0.1, 0.15) is 24.1 Å². The fourth-order valence-corrected chi connectivity index (χ4v) is 5.38. The molecule has 0 bridgehead atoms. The molecular weight excluding hydrogens is 334 g/mol. The van der Waals surface area contributed by atoms with Gasteiger partial charge in [0.15, 0.2) is 0 Å². The minimum Gasteiger partial charge on any atom is -0.341 e. The lowest BCUT2D eigenvalue weighted by Gasteiger charge is -2.34. The van der Waals surface area contributed by atoms with Crippen molar-refractivity contribution < 1.29 is 9.00 Å². The third kappa shape index (κ3) is 3.22. The maximum Gasteiger partial charge on any atom is 0.209 e. The molecule has 1 aromatic heterocycles. The molecule has 100 valence electrons. The monoisotopic (exact) mass is 349 g/mol. The van der Waals surface area contributed by atoms with Crippen LogP contribution in [0.15, 0.2) is 14.7 Å². The Hall–Kier alpha value is -0.200. The maximum atomic E-state index is 12.2. The molecular formula is C12H16BrNO2S2. The molecule has 2 rings (SSSR count). The summed E-state index contributed by atoms with van der Waals surface area (Å²) in [5, 5.41) is 0. The highest BCUT2D eigenvalue weighted by molar-refractivity contribution is 9.11. The highest BCUT2D eigenvalue weighted by Gasteiger charge is 2.24. The Morgan fingerprint density at radius 2 is 2.33 bits per heavy atom. The first-order valence-corrected chi connectivity index (χ1v) is 8.90. The SMILES string of the molecule is Cc1sc(Br)cc1S(=O)CCN(C=O)C1CCC1. The predicted molar refractivity (Wildman–Crippen MR) is 78.4 cm³/mol. The van der Waals surface area contributed by atoms with E-state index in [1.807, 2.05) is 13.0 Å². The molecule has 1 amide bonds. The van der Waals surface area contributed by atoms with Gasteiger partial charge < -0.3 is 4.90 Å². The fourth-order valence-electron chi connectivity index (χ4n) is 1.99. The second kappa shape index (κ2) is 6.30. The Kier molecular flexibility index (Phi) is 4.98. The van der Waals surface area contributed by atoms with Gasteiger partial charge in [0.2, 0.25) is 6.41 Å². The number of halogens is 1. The average Bonchev–Trinajstić information content (AvgIpc) is 2.60. The molecule has 1 saturated carbocycles. The molecule has 0 N–H and O–H groups in total. The smallest absolute Gasteiger partial charge is 0.209 e. The van der Waals surface area contributed by atoms with E-state index in [2.05, 4.69) is 15.9 Å². The molecule has 18 heavy (non-hydrogen) atoms. The molecule has 1 atom stereocenters. The number of thiophene rings is 1. The third-order valence-corrected chi connectivity index (χ3v) is 6.45. The molecule has 0 aliphatic heterocycles. The van der Waals surface area contributed by atoms with Crippen LogP contribution in [0.3, 0.4) is 0 Å². The lowest BCUT2D eigenvalue weighted by Crippen LogP contribution is -2.41. The molecule has 1 aromatic rings. The lowest BCUT2D eigenvalue weighted by atomic mass is 9.92.